The quantitative estimate of drug-likeness (QED) is 0.352. The van der Waals surface area contributed by atoms with Crippen LogP contribution in [0.1, 0.15) is 57.5 Å². The van der Waals surface area contributed by atoms with E-state index in [1.54, 1.807) is 43.8 Å². The second-order valence-corrected chi connectivity index (χ2v) is 10.1. The van der Waals surface area contributed by atoms with Crippen LogP contribution in [0.2, 0.25) is 0 Å². The molecule has 0 aliphatic heterocycles. The van der Waals surface area contributed by atoms with Crippen molar-refractivity contribution in [1.82, 2.24) is 15.6 Å². The number of aryl methyl sites for hydroxylation is 2. The van der Waals surface area contributed by atoms with Crippen molar-refractivity contribution in [2.24, 2.45) is 0 Å². The molecule has 0 bridgehead atoms. The lowest BCUT2D eigenvalue weighted by Crippen LogP contribution is -2.44. The van der Waals surface area contributed by atoms with Crippen LogP contribution in [-0.4, -0.2) is 40.2 Å². The van der Waals surface area contributed by atoms with Gasteiger partial charge in [0.1, 0.15) is 22.9 Å². The lowest BCUT2D eigenvalue weighted by atomic mass is 9.90. The summed E-state index contributed by atoms with van der Waals surface area (Å²) in [5, 5.41) is 16.0. The van der Waals surface area contributed by atoms with E-state index < -0.39 is 11.7 Å². The Hall–Kier alpha value is -3.59. The van der Waals surface area contributed by atoms with Gasteiger partial charge in [0.05, 0.1) is 6.20 Å². The maximum atomic E-state index is 14.0. The van der Waals surface area contributed by atoms with E-state index in [4.69, 9.17) is 4.74 Å². The number of aromatic nitrogens is 1. The van der Waals surface area contributed by atoms with Gasteiger partial charge in [-0.25, -0.2) is 9.37 Å². The molecule has 2 aromatic carbocycles. The van der Waals surface area contributed by atoms with E-state index >= 15 is 0 Å². The highest BCUT2D eigenvalue weighted by molar-refractivity contribution is 7.98. The van der Waals surface area contributed by atoms with Gasteiger partial charge in [-0.05, 0) is 93.3 Å². The van der Waals surface area contributed by atoms with Crippen molar-refractivity contribution in [3.8, 4) is 17.4 Å². The van der Waals surface area contributed by atoms with Gasteiger partial charge in [-0.2, -0.15) is 0 Å². The second kappa shape index (κ2) is 11.6. The highest BCUT2D eigenvalue weighted by Crippen LogP contribution is 2.28. The minimum atomic E-state index is -0.624. The van der Waals surface area contributed by atoms with Gasteiger partial charge in [0.25, 0.3) is 11.8 Å². The van der Waals surface area contributed by atoms with Crippen LogP contribution in [0.3, 0.4) is 0 Å². The smallest absolute Gasteiger partial charge is 0.257 e. The van der Waals surface area contributed by atoms with E-state index in [0.717, 1.165) is 17.2 Å². The molecule has 1 heterocycles. The monoisotopic (exact) mass is 523 g/mol. The molecule has 1 aliphatic carbocycles. The predicted octanol–water partition coefficient (Wildman–Crippen LogP) is 5.53. The molecule has 1 aromatic heterocycles. The Balaban J connectivity index is 1.35. The van der Waals surface area contributed by atoms with E-state index in [-0.39, 0.29) is 35.2 Å². The summed E-state index contributed by atoms with van der Waals surface area (Å²) in [5.74, 6) is -0.514. The van der Waals surface area contributed by atoms with Gasteiger partial charge in [0, 0.05) is 22.5 Å². The molecule has 0 unspecified atom stereocenters. The third-order valence-corrected chi connectivity index (χ3v) is 7.19. The molecule has 4 rings (SSSR count). The molecule has 9 heteroatoms. The van der Waals surface area contributed by atoms with Gasteiger partial charge in [0.15, 0.2) is 0 Å². The maximum Gasteiger partial charge on any atom is 0.257 e. The first-order chi connectivity index (χ1) is 17.7. The molecule has 37 heavy (non-hydrogen) atoms. The number of phenolic OH excluding ortho intramolecular Hbond substituents is 1. The van der Waals surface area contributed by atoms with Gasteiger partial charge in [-0.3, -0.25) is 9.59 Å². The molecule has 3 N–H and O–H groups in total. The van der Waals surface area contributed by atoms with Crippen LogP contribution in [-0.2, 0) is 0 Å². The summed E-state index contributed by atoms with van der Waals surface area (Å²) in [6.07, 6.45) is 5.69. The number of benzene rings is 2. The van der Waals surface area contributed by atoms with E-state index in [9.17, 15) is 19.1 Å². The molecule has 2 amide bonds. The molecule has 0 radical (unpaired) electrons. The SMILES string of the molecule is CSc1cccc(Oc2ncc(F)cc2C(=O)NC2CCC(NC(=O)c3cc(C)c(O)c(C)c3)CC2)c1. The highest BCUT2D eigenvalue weighted by Gasteiger charge is 2.26. The molecule has 1 fully saturated rings. The molecular weight excluding hydrogens is 493 g/mol. The van der Waals surface area contributed by atoms with Crippen LogP contribution in [0.25, 0.3) is 0 Å². The Bertz CT molecular complexity index is 1290. The fraction of sp³-hybridized carbons (Fsp3) is 0.321. The zero-order valence-corrected chi connectivity index (χ0v) is 21.8. The van der Waals surface area contributed by atoms with Crippen molar-refractivity contribution in [2.75, 3.05) is 6.26 Å². The molecule has 0 saturated heterocycles. The minimum Gasteiger partial charge on any atom is -0.507 e. The first kappa shape index (κ1) is 26.5. The normalized spacial score (nSPS) is 17.2. The number of thioether (sulfide) groups is 1. The summed E-state index contributed by atoms with van der Waals surface area (Å²) in [4.78, 5) is 30.8. The predicted molar refractivity (Wildman–Crippen MR) is 141 cm³/mol. The van der Waals surface area contributed by atoms with Gasteiger partial charge in [-0.15, -0.1) is 11.8 Å². The van der Waals surface area contributed by atoms with Crippen molar-refractivity contribution in [3.05, 3.63) is 76.7 Å². The largest absolute Gasteiger partial charge is 0.507 e. The van der Waals surface area contributed by atoms with Gasteiger partial charge in [0.2, 0.25) is 5.88 Å². The number of amides is 2. The summed E-state index contributed by atoms with van der Waals surface area (Å²) in [6, 6.07) is 11.7. The van der Waals surface area contributed by atoms with Crippen LogP contribution in [0.15, 0.2) is 53.6 Å². The Kier molecular flexibility index (Phi) is 8.33. The number of pyridine rings is 1. The number of rotatable bonds is 7. The number of carbonyl (C=O) groups excluding carboxylic acids is 2. The van der Waals surface area contributed by atoms with Crippen LogP contribution in [0.5, 0.6) is 17.4 Å². The first-order valence-corrected chi connectivity index (χ1v) is 13.4. The van der Waals surface area contributed by atoms with Crippen molar-refractivity contribution in [3.63, 3.8) is 0 Å². The van der Waals surface area contributed by atoms with E-state index in [1.165, 1.54) is 0 Å². The molecule has 7 nitrogen and oxygen atoms in total. The van der Waals surface area contributed by atoms with Gasteiger partial charge in [-0.1, -0.05) is 6.07 Å². The van der Waals surface area contributed by atoms with E-state index in [1.807, 2.05) is 24.5 Å². The van der Waals surface area contributed by atoms with Crippen LogP contribution >= 0.6 is 11.8 Å². The summed E-state index contributed by atoms with van der Waals surface area (Å²) in [6.45, 7) is 3.53. The Morgan fingerprint density at radius 3 is 2.24 bits per heavy atom. The lowest BCUT2D eigenvalue weighted by Gasteiger charge is -2.30. The topological polar surface area (TPSA) is 101 Å². The molecule has 1 saturated carbocycles. The molecular formula is C28H30FN3O4S. The molecule has 1 aliphatic rings. The van der Waals surface area contributed by atoms with Crippen LogP contribution in [0, 0.1) is 19.7 Å². The van der Waals surface area contributed by atoms with E-state index in [0.29, 0.717) is 48.1 Å². The standard InChI is InChI=1S/C28H30FN3O4S/c1-16-11-18(12-17(2)25(16)33)26(34)31-20-7-9-21(10-8-20)32-27(35)24-13-19(29)15-30-28(24)36-22-5-4-6-23(14-22)37-3/h4-6,11-15,20-21,33H,7-10H2,1-3H3,(H,31,34)(H,32,35). The Morgan fingerprint density at radius 2 is 1.62 bits per heavy atom. The zero-order valence-electron chi connectivity index (χ0n) is 21.0. The third kappa shape index (κ3) is 6.60. The Morgan fingerprint density at radius 1 is 1.00 bits per heavy atom. The average Bonchev–Trinajstić information content (AvgIpc) is 2.89. The van der Waals surface area contributed by atoms with Crippen LogP contribution < -0.4 is 15.4 Å². The lowest BCUT2D eigenvalue weighted by molar-refractivity contribution is 0.0890. The average molecular weight is 524 g/mol. The first-order valence-electron chi connectivity index (χ1n) is 12.1. The fourth-order valence-corrected chi connectivity index (χ4v) is 4.90. The number of aromatic hydroxyl groups is 1. The number of phenols is 1. The number of carbonyl (C=O) groups is 2. The maximum absolute atomic E-state index is 14.0. The number of hydrogen-bond acceptors (Lipinski definition) is 6. The summed E-state index contributed by atoms with van der Waals surface area (Å²) >= 11 is 1.56. The number of hydrogen-bond donors (Lipinski definition) is 3. The summed E-state index contributed by atoms with van der Waals surface area (Å²) < 4.78 is 19.8. The van der Waals surface area contributed by atoms with Crippen molar-refractivity contribution >= 4 is 23.6 Å². The van der Waals surface area contributed by atoms with Gasteiger partial charge < -0.3 is 20.5 Å². The fourth-order valence-electron chi connectivity index (χ4n) is 4.45. The number of nitrogens with zero attached hydrogens (tertiary/aromatic N) is 1. The summed E-state index contributed by atoms with van der Waals surface area (Å²) in [7, 11) is 0. The second-order valence-electron chi connectivity index (χ2n) is 9.24. The van der Waals surface area contributed by atoms with Crippen molar-refractivity contribution in [1.29, 1.82) is 0 Å². The van der Waals surface area contributed by atoms with E-state index in [2.05, 4.69) is 15.6 Å². The highest BCUT2D eigenvalue weighted by atomic mass is 32.2. The van der Waals surface area contributed by atoms with Crippen LogP contribution in [0.4, 0.5) is 4.39 Å². The molecule has 0 atom stereocenters. The summed E-state index contributed by atoms with van der Waals surface area (Å²) in [5.41, 5.74) is 1.85. The zero-order chi connectivity index (χ0) is 26.5. The van der Waals surface area contributed by atoms with Crippen molar-refractivity contribution in [2.45, 2.75) is 56.5 Å². The molecule has 3 aromatic rings. The Labute approximate surface area is 219 Å². The third-order valence-electron chi connectivity index (χ3n) is 6.47. The number of ether oxygens (including phenoxy) is 1. The molecule has 0 spiro atoms. The molecule has 194 valence electrons. The van der Waals surface area contributed by atoms with Crippen molar-refractivity contribution < 1.29 is 23.8 Å². The number of nitrogens with one attached hydrogen (secondary N) is 2. The minimum absolute atomic E-state index is 0.0199. The van der Waals surface area contributed by atoms with Gasteiger partial charge >= 0.3 is 0 Å². The number of halogens is 1.